The van der Waals surface area contributed by atoms with Crippen LogP contribution in [0.25, 0.3) is 11.3 Å². The standard InChI is InChI=1S/C25H26N4O4S/c1-15-19(22(30)32-3)20(17-8-6-5-7-9-17)21(23(31)33-4)25(2,28-15)29-24-27-18(14-34-24)16-10-12-26-13-11-16/h5-14,20-21,28H,1-4H3,(H,27,29). The van der Waals surface area contributed by atoms with E-state index < -0.39 is 29.4 Å². The van der Waals surface area contributed by atoms with Crippen LogP contribution in [0.2, 0.25) is 0 Å². The summed E-state index contributed by atoms with van der Waals surface area (Å²) >= 11 is 1.43. The molecule has 34 heavy (non-hydrogen) atoms. The summed E-state index contributed by atoms with van der Waals surface area (Å²) in [5.41, 5.74) is 2.54. The van der Waals surface area contributed by atoms with Gasteiger partial charge in [0.15, 0.2) is 5.13 Å². The van der Waals surface area contributed by atoms with E-state index in [1.54, 1.807) is 19.3 Å². The highest BCUT2D eigenvalue weighted by molar-refractivity contribution is 7.14. The summed E-state index contributed by atoms with van der Waals surface area (Å²) in [6.45, 7) is 3.68. The molecule has 2 N–H and O–H groups in total. The Bertz CT molecular complexity index is 1210. The fraction of sp³-hybridized carbons (Fsp3) is 0.280. The van der Waals surface area contributed by atoms with Crippen LogP contribution < -0.4 is 10.6 Å². The molecule has 1 aromatic carbocycles. The van der Waals surface area contributed by atoms with E-state index >= 15 is 0 Å². The van der Waals surface area contributed by atoms with Crippen molar-refractivity contribution in [1.29, 1.82) is 0 Å². The molecule has 3 heterocycles. The number of ether oxygens (including phenoxy) is 2. The number of anilines is 1. The number of aromatic nitrogens is 2. The van der Waals surface area contributed by atoms with Gasteiger partial charge in [-0.05, 0) is 31.5 Å². The third-order valence-electron chi connectivity index (χ3n) is 5.98. The molecule has 0 amide bonds. The summed E-state index contributed by atoms with van der Waals surface area (Å²) in [6.07, 6.45) is 3.43. The van der Waals surface area contributed by atoms with Gasteiger partial charge in [0.25, 0.3) is 0 Å². The molecule has 9 heteroatoms. The maximum absolute atomic E-state index is 13.2. The van der Waals surface area contributed by atoms with E-state index in [1.165, 1.54) is 25.6 Å². The topological polar surface area (TPSA) is 102 Å². The SMILES string of the molecule is COC(=O)C1=C(C)NC(C)(Nc2nc(-c3ccncc3)cs2)C(C(=O)OC)C1c1ccccc1. The molecule has 8 nitrogen and oxygen atoms in total. The lowest BCUT2D eigenvalue weighted by molar-refractivity contribution is -0.149. The Kier molecular flexibility index (Phi) is 6.65. The summed E-state index contributed by atoms with van der Waals surface area (Å²) in [7, 11) is 2.68. The van der Waals surface area contributed by atoms with Crippen LogP contribution in [-0.2, 0) is 19.1 Å². The van der Waals surface area contributed by atoms with E-state index in [-0.39, 0.29) is 0 Å². The Morgan fingerprint density at radius 2 is 1.79 bits per heavy atom. The number of methoxy groups -OCH3 is 2. The molecule has 2 aromatic heterocycles. The number of pyridine rings is 1. The van der Waals surface area contributed by atoms with Gasteiger partial charge >= 0.3 is 11.9 Å². The number of carbonyl (C=O) groups is 2. The van der Waals surface area contributed by atoms with E-state index in [0.717, 1.165) is 16.8 Å². The van der Waals surface area contributed by atoms with Crippen LogP contribution in [0.5, 0.6) is 0 Å². The molecular weight excluding hydrogens is 452 g/mol. The summed E-state index contributed by atoms with van der Waals surface area (Å²) < 4.78 is 10.3. The quantitative estimate of drug-likeness (QED) is 0.514. The van der Waals surface area contributed by atoms with Crippen molar-refractivity contribution >= 4 is 28.4 Å². The Balaban J connectivity index is 1.80. The highest BCUT2D eigenvalue weighted by Crippen LogP contribution is 2.45. The largest absolute Gasteiger partial charge is 0.469 e. The Morgan fingerprint density at radius 1 is 1.09 bits per heavy atom. The van der Waals surface area contributed by atoms with Gasteiger partial charge in [0.05, 0.1) is 25.5 Å². The molecule has 0 fully saturated rings. The molecule has 0 bridgehead atoms. The highest BCUT2D eigenvalue weighted by Gasteiger charge is 2.52. The van der Waals surface area contributed by atoms with Crippen LogP contribution in [-0.4, -0.2) is 41.8 Å². The van der Waals surface area contributed by atoms with Gasteiger partial charge in [-0.1, -0.05) is 30.3 Å². The number of nitrogens with zero attached hydrogens (tertiary/aromatic N) is 2. The molecule has 0 saturated carbocycles. The molecule has 1 aliphatic heterocycles. The second-order valence-electron chi connectivity index (χ2n) is 8.15. The van der Waals surface area contributed by atoms with Gasteiger partial charge in [-0.2, -0.15) is 0 Å². The van der Waals surface area contributed by atoms with Crippen LogP contribution in [0.1, 0.15) is 25.3 Å². The summed E-state index contributed by atoms with van der Waals surface area (Å²) in [5, 5.41) is 9.32. The molecule has 3 unspecified atom stereocenters. The Labute approximate surface area is 202 Å². The third-order valence-corrected chi connectivity index (χ3v) is 6.74. The van der Waals surface area contributed by atoms with E-state index in [1.807, 2.05) is 54.8 Å². The van der Waals surface area contributed by atoms with Gasteiger partial charge < -0.3 is 20.1 Å². The second kappa shape index (κ2) is 9.64. The summed E-state index contributed by atoms with van der Waals surface area (Å²) in [4.78, 5) is 34.8. The molecule has 176 valence electrons. The first-order valence-electron chi connectivity index (χ1n) is 10.7. The van der Waals surface area contributed by atoms with Crippen LogP contribution in [0.15, 0.2) is 71.5 Å². The minimum atomic E-state index is -1.01. The molecular formula is C25H26N4O4S. The fourth-order valence-electron chi connectivity index (χ4n) is 4.49. The normalized spacial score (nSPS) is 22.0. The van der Waals surface area contributed by atoms with E-state index in [9.17, 15) is 9.59 Å². The van der Waals surface area contributed by atoms with Gasteiger partial charge in [-0.25, -0.2) is 9.78 Å². The Hall–Kier alpha value is -3.72. The number of hydrogen-bond donors (Lipinski definition) is 2. The first-order chi connectivity index (χ1) is 16.4. The minimum absolute atomic E-state index is 0.389. The van der Waals surface area contributed by atoms with Crippen molar-refractivity contribution in [3.05, 3.63) is 77.1 Å². The van der Waals surface area contributed by atoms with Crippen LogP contribution >= 0.6 is 11.3 Å². The predicted octanol–water partition coefficient (Wildman–Crippen LogP) is 3.96. The van der Waals surface area contributed by atoms with E-state index in [0.29, 0.717) is 16.4 Å². The van der Waals surface area contributed by atoms with Gasteiger partial charge in [0.2, 0.25) is 0 Å². The average molecular weight is 479 g/mol. The van der Waals surface area contributed by atoms with Crippen molar-refractivity contribution in [3.8, 4) is 11.3 Å². The van der Waals surface area contributed by atoms with Gasteiger partial charge in [0, 0.05) is 35.0 Å². The number of thiazole rings is 1. The minimum Gasteiger partial charge on any atom is -0.469 e. The first kappa shape index (κ1) is 23.4. The number of benzene rings is 1. The van der Waals surface area contributed by atoms with Crippen molar-refractivity contribution in [2.24, 2.45) is 5.92 Å². The predicted molar refractivity (Wildman–Crippen MR) is 130 cm³/mol. The van der Waals surface area contributed by atoms with Crippen molar-refractivity contribution in [2.45, 2.75) is 25.4 Å². The second-order valence-corrected chi connectivity index (χ2v) is 9.00. The molecule has 3 atom stereocenters. The molecule has 0 spiro atoms. The van der Waals surface area contributed by atoms with Crippen molar-refractivity contribution in [2.75, 3.05) is 19.5 Å². The molecule has 0 saturated heterocycles. The van der Waals surface area contributed by atoms with Gasteiger partial charge in [0.1, 0.15) is 11.6 Å². The lowest BCUT2D eigenvalue weighted by atomic mass is 9.71. The fourth-order valence-corrected chi connectivity index (χ4v) is 5.33. The van der Waals surface area contributed by atoms with Gasteiger partial charge in [-0.3, -0.25) is 9.78 Å². The lowest BCUT2D eigenvalue weighted by Gasteiger charge is -2.46. The van der Waals surface area contributed by atoms with Crippen molar-refractivity contribution in [1.82, 2.24) is 15.3 Å². The smallest absolute Gasteiger partial charge is 0.336 e. The molecule has 0 aliphatic carbocycles. The van der Waals surface area contributed by atoms with Crippen LogP contribution in [0.3, 0.4) is 0 Å². The summed E-state index contributed by atoms with van der Waals surface area (Å²) in [5.74, 6) is -2.36. The molecule has 0 radical (unpaired) electrons. The molecule has 3 aromatic rings. The molecule has 1 aliphatic rings. The summed E-state index contributed by atoms with van der Waals surface area (Å²) in [6, 6.07) is 13.2. The maximum atomic E-state index is 13.2. The number of esters is 2. The number of hydrogen-bond acceptors (Lipinski definition) is 9. The third kappa shape index (κ3) is 4.38. The number of nitrogens with one attached hydrogen (secondary N) is 2. The van der Waals surface area contributed by atoms with Gasteiger partial charge in [-0.15, -0.1) is 11.3 Å². The highest BCUT2D eigenvalue weighted by atomic mass is 32.1. The van der Waals surface area contributed by atoms with E-state index in [2.05, 4.69) is 15.6 Å². The van der Waals surface area contributed by atoms with E-state index in [4.69, 9.17) is 14.5 Å². The zero-order valence-electron chi connectivity index (χ0n) is 19.4. The zero-order valence-corrected chi connectivity index (χ0v) is 20.2. The zero-order chi connectivity index (χ0) is 24.3. The van der Waals surface area contributed by atoms with Crippen molar-refractivity contribution < 1.29 is 19.1 Å². The first-order valence-corrected chi connectivity index (χ1v) is 11.6. The lowest BCUT2D eigenvalue weighted by Crippen LogP contribution is -2.62. The number of carbonyl (C=O) groups excluding carboxylic acids is 2. The maximum Gasteiger partial charge on any atom is 0.336 e. The van der Waals surface area contributed by atoms with Crippen molar-refractivity contribution in [3.63, 3.8) is 0 Å². The molecule has 4 rings (SSSR count). The number of allylic oxidation sites excluding steroid dienone is 1. The number of rotatable bonds is 6. The van der Waals surface area contributed by atoms with Crippen LogP contribution in [0, 0.1) is 5.92 Å². The van der Waals surface area contributed by atoms with Crippen LogP contribution in [0.4, 0.5) is 5.13 Å². The Morgan fingerprint density at radius 3 is 2.44 bits per heavy atom. The monoisotopic (exact) mass is 478 g/mol. The average Bonchev–Trinajstić information content (AvgIpc) is 3.31.